The fourth-order valence-electron chi connectivity index (χ4n) is 1.51. The minimum absolute atomic E-state index is 0.185. The van der Waals surface area contributed by atoms with E-state index in [2.05, 4.69) is 20.9 Å². The molecule has 0 fully saturated rings. The minimum atomic E-state index is -0.578. The van der Waals surface area contributed by atoms with Gasteiger partial charge in [0.25, 0.3) is 0 Å². The number of benzene rings is 1. The summed E-state index contributed by atoms with van der Waals surface area (Å²) in [7, 11) is 0. The molecule has 1 atom stereocenters. The Balaban J connectivity index is 2.03. The first-order valence-electron chi connectivity index (χ1n) is 5.51. The Morgan fingerprint density at radius 2 is 2.05 bits per heavy atom. The van der Waals surface area contributed by atoms with E-state index in [1.54, 1.807) is 6.20 Å². The van der Waals surface area contributed by atoms with Gasteiger partial charge >= 0.3 is 0 Å². The standard InChI is InChI=1S/C13H11BrF2N2S/c14-8-1-4-13(18-6-8)19-7-12(17)10-5-9(15)2-3-11(10)16/h1-6,12H,7,17H2. The van der Waals surface area contributed by atoms with Crippen molar-refractivity contribution >= 4 is 27.7 Å². The lowest BCUT2D eigenvalue weighted by molar-refractivity contribution is 0.573. The zero-order valence-electron chi connectivity index (χ0n) is 9.82. The lowest BCUT2D eigenvalue weighted by Crippen LogP contribution is -2.15. The summed E-state index contributed by atoms with van der Waals surface area (Å²) in [5.41, 5.74) is 6.06. The number of rotatable bonds is 4. The Labute approximate surface area is 122 Å². The van der Waals surface area contributed by atoms with Gasteiger partial charge in [-0.25, -0.2) is 13.8 Å². The number of hydrogen-bond acceptors (Lipinski definition) is 3. The van der Waals surface area contributed by atoms with Crippen LogP contribution in [0.5, 0.6) is 0 Å². The molecule has 0 saturated carbocycles. The second-order valence-electron chi connectivity index (χ2n) is 3.90. The van der Waals surface area contributed by atoms with Gasteiger partial charge in [0, 0.05) is 28.0 Å². The maximum absolute atomic E-state index is 13.5. The second-order valence-corrected chi connectivity index (χ2v) is 5.85. The van der Waals surface area contributed by atoms with E-state index < -0.39 is 17.7 Å². The van der Waals surface area contributed by atoms with Crippen LogP contribution in [0.15, 0.2) is 46.0 Å². The molecule has 2 rings (SSSR count). The summed E-state index contributed by atoms with van der Waals surface area (Å²) in [5, 5.41) is 0.787. The zero-order chi connectivity index (χ0) is 13.8. The maximum atomic E-state index is 13.5. The van der Waals surface area contributed by atoms with Gasteiger partial charge in [-0.2, -0.15) is 0 Å². The summed E-state index contributed by atoms with van der Waals surface area (Å²) in [4.78, 5) is 4.18. The van der Waals surface area contributed by atoms with Crippen LogP contribution in [0.1, 0.15) is 11.6 Å². The smallest absolute Gasteiger partial charge is 0.128 e. The SMILES string of the molecule is NC(CSc1ccc(Br)cn1)c1cc(F)ccc1F. The second kappa shape index (κ2) is 6.45. The summed E-state index contributed by atoms with van der Waals surface area (Å²) in [6.45, 7) is 0. The maximum Gasteiger partial charge on any atom is 0.128 e. The topological polar surface area (TPSA) is 38.9 Å². The largest absolute Gasteiger partial charge is 0.323 e. The molecule has 6 heteroatoms. The number of halogens is 3. The van der Waals surface area contributed by atoms with Crippen molar-refractivity contribution in [2.75, 3.05) is 5.75 Å². The average molecular weight is 345 g/mol. The summed E-state index contributed by atoms with van der Waals surface area (Å²) >= 11 is 4.69. The molecule has 2 N–H and O–H groups in total. The molecule has 19 heavy (non-hydrogen) atoms. The van der Waals surface area contributed by atoms with Crippen LogP contribution in [0, 0.1) is 11.6 Å². The monoisotopic (exact) mass is 344 g/mol. The van der Waals surface area contributed by atoms with Crippen molar-refractivity contribution in [3.05, 3.63) is 58.2 Å². The molecule has 2 nitrogen and oxygen atoms in total. The van der Waals surface area contributed by atoms with Crippen molar-refractivity contribution in [2.24, 2.45) is 5.73 Å². The third-order valence-electron chi connectivity index (χ3n) is 2.47. The van der Waals surface area contributed by atoms with Gasteiger partial charge in [-0.15, -0.1) is 11.8 Å². The van der Waals surface area contributed by atoms with Gasteiger partial charge in [-0.3, -0.25) is 0 Å². The minimum Gasteiger partial charge on any atom is -0.323 e. The number of pyridine rings is 1. The molecule has 0 aliphatic rings. The molecule has 2 aromatic rings. The first-order valence-corrected chi connectivity index (χ1v) is 7.29. The average Bonchev–Trinajstić information content (AvgIpc) is 2.40. The summed E-state index contributed by atoms with van der Waals surface area (Å²) in [6.07, 6.45) is 1.68. The molecule has 0 saturated heterocycles. The third-order valence-corrected chi connectivity index (χ3v) is 4.00. The first-order chi connectivity index (χ1) is 9.06. The van der Waals surface area contributed by atoms with E-state index in [-0.39, 0.29) is 5.56 Å². The van der Waals surface area contributed by atoms with Gasteiger partial charge in [0.1, 0.15) is 11.6 Å². The lowest BCUT2D eigenvalue weighted by Gasteiger charge is -2.12. The van der Waals surface area contributed by atoms with Crippen LogP contribution < -0.4 is 5.73 Å². The van der Waals surface area contributed by atoms with Gasteiger partial charge in [0.2, 0.25) is 0 Å². The Kier molecular flexibility index (Phi) is 4.90. The van der Waals surface area contributed by atoms with E-state index >= 15 is 0 Å². The molecule has 1 unspecified atom stereocenters. The fraction of sp³-hybridized carbons (Fsp3) is 0.154. The molecule has 1 heterocycles. The molecule has 0 spiro atoms. The molecule has 1 aromatic heterocycles. The molecule has 0 bridgehead atoms. The van der Waals surface area contributed by atoms with Crippen LogP contribution in [0.4, 0.5) is 8.78 Å². The van der Waals surface area contributed by atoms with E-state index in [0.29, 0.717) is 5.75 Å². The van der Waals surface area contributed by atoms with Crippen LogP contribution in [0.2, 0.25) is 0 Å². The van der Waals surface area contributed by atoms with Crippen molar-refractivity contribution in [3.63, 3.8) is 0 Å². The quantitative estimate of drug-likeness (QED) is 0.854. The van der Waals surface area contributed by atoms with Gasteiger partial charge in [-0.05, 0) is 46.3 Å². The van der Waals surface area contributed by atoms with Gasteiger partial charge < -0.3 is 5.73 Å². The van der Waals surface area contributed by atoms with Crippen LogP contribution in [0.25, 0.3) is 0 Å². The van der Waals surface area contributed by atoms with Gasteiger partial charge in [0.05, 0.1) is 5.03 Å². The molecule has 100 valence electrons. The zero-order valence-corrected chi connectivity index (χ0v) is 12.2. The number of nitrogens with two attached hydrogens (primary N) is 1. The molecular formula is C13H11BrF2N2S. The highest BCUT2D eigenvalue weighted by atomic mass is 79.9. The molecule has 0 aliphatic carbocycles. The third kappa shape index (κ3) is 3.99. The predicted molar refractivity (Wildman–Crippen MR) is 75.9 cm³/mol. The Bertz CT molecular complexity index is 563. The van der Waals surface area contributed by atoms with Crippen LogP contribution in [0.3, 0.4) is 0 Å². The highest BCUT2D eigenvalue weighted by Gasteiger charge is 2.13. The van der Waals surface area contributed by atoms with Crippen LogP contribution in [-0.4, -0.2) is 10.7 Å². The molecule has 0 radical (unpaired) electrons. The van der Waals surface area contributed by atoms with Crippen molar-refractivity contribution < 1.29 is 8.78 Å². The number of aromatic nitrogens is 1. The van der Waals surface area contributed by atoms with Crippen molar-refractivity contribution in [2.45, 2.75) is 11.1 Å². The number of thioether (sulfide) groups is 1. The highest BCUT2D eigenvalue weighted by Crippen LogP contribution is 2.24. The summed E-state index contributed by atoms with van der Waals surface area (Å²) in [6, 6.07) is 6.43. The molecule has 0 aliphatic heterocycles. The Morgan fingerprint density at radius 1 is 1.26 bits per heavy atom. The predicted octanol–water partition coefficient (Wildman–Crippen LogP) is 3.91. The number of nitrogens with zero attached hydrogens (tertiary/aromatic N) is 1. The van der Waals surface area contributed by atoms with Crippen molar-refractivity contribution in [1.82, 2.24) is 4.98 Å². The Hall–Kier alpha value is -0.980. The van der Waals surface area contributed by atoms with E-state index in [4.69, 9.17) is 5.73 Å². The summed E-state index contributed by atoms with van der Waals surface area (Å²) in [5.74, 6) is -0.550. The molecule has 0 amide bonds. The van der Waals surface area contributed by atoms with Crippen molar-refractivity contribution in [3.8, 4) is 0 Å². The van der Waals surface area contributed by atoms with E-state index in [9.17, 15) is 8.78 Å². The number of hydrogen-bond donors (Lipinski definition) is 1. The van der Waals surface area contributed by atoms with Gasteiger partial charge in [0.15, 0.2) is 0 Å². The molecule has 1 aromatic carbocycles. The van der Waals surface area contributed by atoms with E-state index in [1.165, 1.54) is 11.8 Å². The van der Waals surface area contributed by atoms with E-state index in [0.717, 1.165) is 27.7 Å². The van der Waals surface area contributed by atoms with Gasteiger partial charge in [-0.1, -0.05) is 0 Å². The van der Waals surface area contributed by atoms with Crippen LogP contribution >= 0.6 is 27.7 Å². The highest BCUT2D eigenvalue weighted by molar-refractivity contribution is 9.10. The fourth-order valence-corrected chi connectivity index (χ4v) is 2.57. The summed E-state index contributed by atoms with van der Waals surface area (Å²) < 4.78 is 27.5. The lowest BCUT2D eigenvalue weighted by atomic mass is 10.1. The normalized spacial score (nSPS) is 12.4. The van der Waals surface area contributed by atoms with Crippen LogP contribution in [-0.2, 0) is 0 Å². The van der Waals surface area contributed by atoms with E-state index in [1.807, 2.05) is 12.1 Å². The molecular weight excluding hydrogens is 334 g/mol. The first kappa shape index (κ1) is 14.4. The van der Waals surface area contributed by atoms with Crippen molar-refractivity contribution in [1.29, 1.82) is 0 Å². The Morgan fingerprint density at radius 3 is 2.74 bits per heavy atom.